The summed E-state index contributed by atoms with van der Waals surface area (Å²) in [7, 11) is 3.30. The summed E-state index contributed by atoms with van der Waals surface area (Å²) < 4.78 is 16.5. The second-order valence-corrected chi connectivity index (χ2v) is 8.01. The number of ether oxygens (including phenoxy) is 3. The minimum atomic E-state index is -0.122. The van der Waals surface area contributed by atoms with E-state index in [1.54, 1.807) is 14.2 Å². The first-order valence-corrected chi connectivity index (χ1v) is 10.2. The Hall–Kier alpha value is -1.75. The van der Waals surface area contributed by atoms with E-state index in [2.05, 4.69) is 24.4 Å². The fraction of sp³-hybridized carbons (Fsp3) is 0.682. The van der Waals surface area contributed by atoms with E-state index in [0.29, 0.717) is 25.7 Å². The zero-order valence-corrected chi connectivity index (χ0v) is 16.9. The Morgan fingerprint density at radius 3 is 2.48 bits per heavy atom. The second kappa shape index (κ2) is 8.96. The largest absolute Gasteiger partial charge is 0.493 e. The molecule has 27 heavy (non-hydrogen) atoms. The second-order valence-electron chi connectivity index (χ2n) is 8.01. The molecule has 1 aromatic carbocycles. The van der Waals surface area contributed by atoms with Gasteiger partial charge in [0.25, 0.3) is 0 Å². The lowest BCUT2D eigenvalue weighted by Gasteiger charge is -2.38. The highest BCUT2D eigenvalue weighted by molar-refractivity contribution is 5.78. The Labute approximate surface area is 162 Å². The standard InChI is InChI=1S/C22H33NO4/c1-16(17-6-4-5-7-17)21(24)23-15-22(10-12-27-13-11-22)18-8-9-19(25-2)20(14-18)26-3/h8-9,14,16-17H,4-7,10-13,15H2,1-3H3,(H,23,24). The molecule has 1 saturated heterocycles. The quantitative estimate of drug-likeness (QED) is 0.790. The van der Waals surface area contributed by atoms with Crippen LogP contribution in [0.5, 0.6) is 11.5 Å². The molecule has 0 bridgehead atoms. The molecule has 1 heterocycles. The van der Waals surface area contributed by atoms with E-state index in [4.69, 9.17) is 14.2 Å². The van der Waals surface area contributed by atoms with Crippen LogP contribution in [-0.2, 0) is 14.9 Å². The van der Waals surface area contributed by atoms with Crippen LogP contribution in [0.1, 0.15) is 51.0 Å². The summed E-state index contributed by atoms with van der Waals surface area (Å²) in [4.78, 5) is 12.8. The van der Waals surface area contributed by atoms with Crippen LogP contribution in [-0.4, -0.2) is 39.9 Å². The molecule has 1 aliphatic carbocycles. The van der Waals surface area contributed by atoms with E-state index in [1.807, 2.05) is 6.07 Å². The lowest BCUT2D eigenvalue weighted by atomic mass is 9.74. The molecule has 5 heteroatoms. The predicted molar refractivity (Wildman–Crippen MR) is 105 cm³/mol. The lowest BCUT2D eigenvalue weighted by Crippen LogP contribution is -2.46. The summed E-state index contributed by atoms with van der Waals surface area (Å²) in [6, 6.07) is 6.10. The molecule has 1 aromatic rings. The topological polar surface area (TPSA) is 56.8 Å². The van der Waals surface area contributed by atoms with Crippen LogP contribution in [0.15, 0.2) is 18.2 Å². The first kappa shape index (κ1) is 20.0. The van der Waals surface area contributed by atoms with Crippen molar-refractivity contribution < 1.29 is 19.0 Å². The number of methoxy groups -OCH3 is 2. The van der Waals surface area contributed by atoms with Gasteiger partial charge in [-0.15, -0.1) is 0 Å². The third-order valence-electron chi connectivity index (χ3n) is 6.57. The average molecular weight is 376 g/mol. The Bertz CT molecular complexity index is 633. The first-order chi connectivity index (χ1) is 13.1. The summed E-state index contributed by atoms with van der Waals surface area (Å²) in [5, 5.41) is 3.27. The number of nitrogens with one attached hydrogen (secondary N) is 1. The molecule has 2 aliphatic rings. The third-order valence-corrected chi connectivity index (χ3v) is 6.57. The third kappa shape index (κ3) is 4.40. The van der Waals surface area contributed by atoms with Crippen molar-refractivity contribution in [3.63, 3.8) is 0 Å². The van der Waals surface area contributed by atoms with E-state index in [9.17, 15) is 4.79 Å². The highest BCUT2D eigenvalue weighted by atomic mass is 16.5. The lowest BCUT2D eigenvalue weighted by molar-refractivity contribution is -0.126. The molecule has 3 rings (SSSR count). The number of benzene rings is 1. The summed E-state index contributed by atoms with van der Waals surface area (Å²) >= 11 is 0. The number of hydrogen-bond donors (Lipinski definition) is 1. The Balaban J connectivity index is 1.75. The maximum absolute atomic E-state index is 12.8. The van der Waals surface area contributed by atoms with Crippen molar-refractivity contribution in [2.75, 3.05) is 34.0 Å². The van der Waals surface area contributed by atoms with Gasteiger partial charge in [0.1, 0.15) is 0 Å². The van der Waals surface area contributed by atoms with Crippen LogP contribution < -0.4 is 14.8 Å². The van der Waals surface area contributed by atoms with Crippen molar-refractivity contribution >= 4 is 5.91 Å². The highest BCUT2D eigenvalue weighted by Gasteiger charge is 2.36. The van der Waals surface area contributed by atoms with Crippen LogP contribution in [0.2, 0.25) is 0 Å². The first-order valence-electron chi connectivity index (χ1n) is 10.2. The van der Waals surface area contributed by atoms with Gasteiger partial charge in [-0.05, 0) is 49.3 Å². The van der Waals surface area contributed by atoms with Crippen molar-refractivity contribution in [3.8, 4) is 11.5 Å². The highest BCUT2D eigenvalue weighted by Crippen LogP contribution is 2.39. The maximum atomic E-state index is 12.8. The molecule has 5 nitrogen and oxygen atoms in total. The molecule has 2 fully saturated rings. The number of carbonyl (C=O) groups excluding carboxylic acids is 1. The minimum Gasteiger partial charge on any atom is -0.493 e. The molecule has 1 aliphatic heterocycles. The van der Waals surface area contributed by atoms with Crippen molar-refractivity contribution in [2.45, 2.75) is 50.9 Å². The van der Waals surface area contributed by atoms with Crippen molar-refractivity contribution in [3.05, 3.63) is 23.8 Å². The van der Waals surface area contributed by atoms with E-state index < -0.39 is 0 Å². The van der Waals surface area contributed by atoms with E-state index >= 15 is 0 Å². The average Bonchev–Trinajstić information content (AvgIpc) is 3.26. The van der Waals surface area contributed by atoms with Crippen molar-refractivity contribution in [2.24, 2.45) is 11.8 Å². The van der Waals surface area contributed by atoms with Crippen LogP contribution in [0.4, 0.5) is 0 Å². The van der Waals surface area contributed by atoms with Gasteiger partial charge in [0.05, 0.1) is 14.2 Å². The molecular weight excluding hydrogens is 342 g/mol. The Kier molecular flexibility index (Phi) is 6.64. The molecule has 1 atom stereocenters. The fourth-order valence-corrected chi connectivity index (χ4v) is 4.58. The van der Waals surface area contributed by atoms with Crippen LogP contribution >= 0.6 is 0 Å². The molecule has 0 radical (unpaired) electrons. The number of amides is 1. The van der Waals surface area contributed by atoms with Gasteiger partial charge in [0.15, 0.2) is 11.5 Å². The number of carbonyl (C=O) groups is 1. The number of hydrogen-bond acceptors (Lipinski definition) is 4. The summed E-state index contributed by atoms with van der Waals surface area (Å²) in [5.41, 5.74) is 1.06. The van der Waals surface area contributed by atoms with Gasteiger partial charge >= 0.3 is 0 Å². The normalized spacial score (nSPS) is 20.9. The van der Waals surface area contributed by atoms with Crippen molar-refractivity contribution in [1.29, 1.82) is 0 Å². The Morgan fingerprint density at radius 2 is 1.85 bits per heavy atom. The fourth-order valence-electron chi connectivity index (χ4n) is 4.58. The molecule has 1 unspecified atom stereocenters. The van der Waals surface area contributed by atoms with E-state index in [0.717, 1.165) is 24.3 Å². The zero-order chi connectivity index (χ0) is 19.3. The minimum absolute atomic E-state index is 0.0924. The van der Waals surface area contributed by atoms with Gasteiger partial charge in [-0.1, -0.05) is 25.8 Å². The van der Waals surface area contributed by atoms with E-state index in [-0.39, 0.29) is 17.2 Å². The van der Waals surface area contributed by atoms with E-state index in [1.165, 1.54) is 31.2 Å². The monoisotopic (exact) mass is 375 g/mol. The van der Waals surface area contributed by atoms with Gasteiger partial charge in [0.2, 0.25) is 5.91 Å². The predicted octanol–water partition coefficient (Wildman–Crippen LogP) is 3.69. The SMILES string of the molecule is COc1ccc(C2(CNC(=O)C(C)C3CCCC3)CCOCC2)cc1OC. The molecule has 1 amide bonds. The molecule has 1 saturated carbocycles. The van der Waals surface area contributed by atoms with Crippen LogP contribution in [0, 0.1) is 11.8 Å². The number of rotatable bonds is 7. The van der Waals surface area contributed by atoms with Crippen LogP contribution in [0.25, 0.3) is 0 Å². The maximum Gasteiger partial charge on any atom is 0.223 e. The molecule has 1 N–H and O–H groups in total. The molecule has 0 aromatic heterocycles. The van der Waals surface area contributed by atoms with Gasteiger partial charge in [-0.2, -0.15) is 0 Å². The van der Waals surface area contributed by atoms with Gasteiger partial charge in [0, 0.05) is 31.1 Å². The summed E-state index contributed by atoms with van der Waals surface area (Å²) in [6.07, 6.45) is 6.66. The molecule has 150 valence electrons. The van der Waals surface area contributed by atoms with Gasteiger partial charge in [-0.3, -0.25) is 4.79 Å². The molecular formula is C22H33NO4. The zero-order valence-electron chi connectivity index (χ0n) is 16.9. The van der Waals surface area contributed by atoms with Gasteiger partial charge in [-0.25, -0.2) is 0 Å². The van der Waals surface area contributed by atoms with Crippen LogP contribution in [0.3, 0.4) is 0 Å². The van der Waals surface area contributed by atoms with Gasteiger partial charge < -0.3 is 19.5 Å². The summed E-state index contributed by atoms with van der Waals surface area (Å²) in [5.74, 6) is 2.27. The molecule has 0 spiro atoms. The Morgan fingerprint density at radius 1 is 1.19 bits per heavy atom. The summed E-state index contributed by atoms with van der Waals surface area (Å²) in [6.45, 7) is 4.14. The van der Waals surface area contributed by atoms with Crippen molar-refractivity contribution in [1.82, 2.24) is 5.32 Å². The smallest absolute Gasteiger partial charge is 0.223 e.